The minimum Gasteiger partial charge on any atom is -0.457 e. The maximum absolute atomic E-state index is 11.3. The fraction of sp³-hybridized carbons (Fsp3) is 0.933. The molecule has 0 amide bonds. The molecule has 0 aliphatic carbocycles. The van der Waals surface area contributed by atoms with Gasteiger partial charge in [-0.25, -0.2) is 0 Å². The molecule has 8 nitrogen and oxygen atoms in total. The Balaban J connectivity index is 2.49. The van der Waals surface area contributed by atoms with Crippen LogP contribution in [0.25, 0.3) is 10.4 Å². The smallest absolute Gasteiger partial charge is 0.303 e. The fourth-order valence-electron chi connectivity index (χ4n) is 2.69. The number of nitrogens with zero attached hydrogens (tertiary/aromatic N) is 3. The van der Waals surface area contributed by atoms with Crippen molar-refractivity contribution in [2.45, 2.75) is 52.6 Å². The van der Waals surface area contributed by atoms with Crippen molar-refractivity contribution >= 4 is 5.97 Å². The number of hydrogen-bond donors (Lipinski definition) is 0. The van der Waals surface area contributed by atoms with E-state index in [-0.39, 0.29) is 23.9 Å². The summed E-state index contributed by atoms with van der Waals surface area (Å²) in [5.74, 6) is 0.0876. The topological polar surface area (TPSA) is 103 Å². The molecule has 0 aromatic carbocycles. The molecule has 1 aliphatic heterocycles. The van der Waals surface area contributed by atoms with Crippen molar-refractivity contribution in [3.8, 4) is 0 Å². The lowest BCUT2D eigenvalue weighted by molar-refractivity contribution is -0.277. The lowest BCUT2D eigenvalue weighted by Crippen LogP contribution is -2.52. The van der Waals surface area contributed by atoms with Crippen molar-refractivity contribution in [1.82, 2.24) is 0 Å². The van der Waals surface area contributed by atoms with Crippen LogP contribution >= 0.6 is 0 Å². The van der Waals surface area contributed by atoms with Gasteiger partial charge in [0.25, 0.3) is 0 Å². The van der Waals surface area contributed by atoms with Crippen LogP contribution in [0, 0.1) is 11.8 Å². The van der Waals surface area contributed by atoms with Gasteiger partial charge in [-0.05, 0) is 17.9 Å². The minimum absolute atomic E-state index is 0.0766. The Morgan fingerprint density at radius 1 is 1.26 bits per heavy atom. The van der Waals surface area contributed by atoms with Crippen LogP contribution < -0.4 is 0 Å². The molecule has 1 saturated heterocycles. The van der Waals surface area contributed by atoms with Gasteiger partial charge in [-0.2, -0.15) is 0 Å². The van der Waals surface area contributed by atoms with Gasteiger partial charge in [0.15, 0.2) is 12.4 Å². The van der Waals surface area contributed by atoms with Gasteiger partial charge < -0.3 is 18.9 Å². The van der Waals surface area contributed by atoms with Crippen LogP contribution in [0.3, 0.4) is 0 Å². The van der Waals surface area contributed by atoms with Gasteiger partial charge in [-0.3, -0.25) is 4.79 Å². The number of rotatable bonds is 9. The summed E-state index contributed by atoms with van der Waals surface area (Å²) in [6.45, 7) is 8.91. The van der Waals surface area contributed by atoms with Gasteiger partial charge in [-0.15, -0.1) is 0 Å². The molecule has 8 heteroatoms. The second-order valence-corrected chi connectivity index (χ2v) is 5.68. The number of carbonyl (C=O) groups is 1. The quantitative estimate of drug-likeness (QED) is 0.213. The molecule has 132 valence electrons. The third kappa shape index (κ3) is 6.35. The maximum atomic E-state index is 11.3. The molecule has 0 aromatic rings. The summed E-state index contributed by atoms with van der Waals surface area (Å²) in [7, 11) is 0. The number of carbonyl (C=O) groups excluding carboxylic acids is 1. The van der Waals surface area contributed by atoms with Crippen LogP contribution in [-0.2, 0) is 23.7 Å². The zero-order valence-electron chi connectivity index (χ0n) is 14.3. The van der Waals surface area contributed by atoms with E-state index in [9.17, 15) is 4.79 Å². The van der Waals surface area contributed by atoms with E-state index in [0.29, 0.717) is 26.4 Å². The van der Waals surface area contributed by atoms with E-state index in [0.717, 1.165) is 6.42 Å². The first-order chi connectivity index (χ1) is 11.0. The fourth-order valence-corrected chi connectivity index (χ4v) is 2.69. The minimum atomic E-state index is -0.587. The molecular weight excluding hydrogens is 302 g/mol. The summed E-state index contributed by atoms with van der Waals surface area (Å²) >= 11 is 0. The van der Waals surface area contributed by atoms with E-state index >= 15 is 0 Å². The summed E-state index contributed by atoms with van der Waals surface area (Å²) in [6, 6.07) is 0. The van der Waals surface area contributed by atoms with Crippen LogP contribution in [0.15, 0.2) is 5.11 Å². The molecule has 1 fully saturated rings. The van der Waals surface area contributed by atoms with Crippen LogP contribution in [0.2, 0.25) is 0 Å². The monoisotopic (exact) mass is 329 g/mol. The summed E-state index contributed by atoms with van der Waals surface area (Å²) in [4.78, 5) is 14.0. The summed E-state index contributed by atoms with van der Waals surface area (Å²) in [5, 5.41) is 3.38. The number of ether oxygens (including phenoxy) is 4. The maximum Gasteiger partial charge on any atom is 0.303 e. The molecule has 1 rings (SSSR count). The number of esters is 1. The standard InChI is InChI=1S/C15H27N3O5/c1-5-13-10(2)11(3)14(22-12(4)19)15(23-13)21-9-8-20-7-6-17-18-16/h10-11,13-15H,5-9H2,1-4H3. The zero-order valence-corrected chi connectivity index (χ0v) is 14.3. The first-order valence-corrected chi connectivity index (χ1v) is 8.04. The third-order valence-corrected chi connectivity index (χ3v) is 4.12. The Kier molecular flexibility index (Phi) is 8.94. The Hall–Kier alpha value is -1.34. The van der Waals surface area contributed by atoms with Crippen molar-refractivity contribution in [2.75, 3.05) is 26.4 Å². The van der Waals surface area contributed by atoms with Gasteiger partial charge in [0.2, 0.25) is 0 Å². The molecular formula is C15H27N3O5. The molecule has 0 bridgehead atoms. The van der Waals surface area contributed by atoms with Crippen LogP contribution in [0.5, 0.6) is 0 Å². The second kappa shape index (κ2) is 10.4. The SMILES string of the molecule is CCC1OC(OCCOCCN=[N+]=[N-])C(OC(C)=O)C(C)C1C. The van der Waals surface area contributed by atoms with Crippen LogP contribution in [0.4, 0.5) is 0 Å². The van der Waals surface area contributed by atoms with Gasteiger partial charge in [0.1, 0.15) is 0 Å². The van der Waals surface area contributed by atoms with E-state index in [2.05, 4.69) is 30.8 Å². The van der Waals surface area contributed by atoms with Gasteiger partial charge in [0.05, 0.1) is 25.9 Å². The molecule has 0 aromatic heterocycles. The number of azide groups is 1. The average molecular weight is 329 g/mol. The Bertz CT molecular complexity index is 414. The molecule has 0 spiro atoms. The summed E-state index contributed by atoms with van der Waals surface area (Å²) in [5.41, 5.74) is 8.15. The zero-order chi connectivity index (χ0) is 17.2. The summed E-state index contributed by atoms with van der Waals surface area (Å²) < 4.78 is 22.4. The van der Waals surface area contributed by atoms with Gasteiger partial charge in [0, 0.05) is 24.3 Å². The predicted octanol–water partition coefficient (Wildman–Crippen LogP) is 2.67. The van der Waals surface area contributed by atoms with Crippen LogP contribution in [-0.4, -0.2) is 50.8 Å². The van der Waals surface area contributed by atoms with Crippen LogP contribution in [0.1, 0.15) is 34.1 Å². The molecule has 0 radical (unpaired) electrons. The highest BCUT2D eigenvalue weighted by molar-refractivity contribution is 5.66. The predicted molar refractivity (Wildman–Crippen MR) is 83.6 cm³/mol. The molecule has 0 saturated carbocycles. The molecule has 5 atom stereocenters. The van der Waals surface area contributed by atoms with Gasteiger partial charge >= 0.3 is 5.97 Å². The Labute approximate surface area is 137 Å². The largest absolute Gasteiger partial charge is 0.457 e. The van der Waals surface area contributed by atoms with Crippen molar-refractivity contribution in [3.05, 3.63) is 10.4 Å². The van der Waals surface area contributed by atoms with E-state index < -0.39 is 12.4 Å². The van der Waals surface area contributed by atoms with Crippen molar-refractivity contribution in [2.24, 2.45) is 17.0 Å². The lowest BCUT2D eigenvalue weighted by atomic mass is 9.82. The van der Waals surface area contributed by atoms with Crippen molar-refractivity contribution < 1.29 is 23.7 Å². The molecule has 1 aliphatic rings. The van der Waals surface area contributed by atoms with E-state index in [1.54, 1.807) is 0 Å². The second-order valence-electron chi connectivity index (χ2n) is 5.68. The first-order valence-electron chi connectivity index (χ1n) is 8.04. The molecule has 0 N–H and O–H groups in total. The highest BCUT2D eigenvalue weighted by atomic mass is 16.7. The van der Waals surface area contributed by atoms with E-state index in [1.165, 1.54) is 6.92 Å². The molecule has 1 heterocycles. The molecule has 5 unspecified atom stereocenters. The molecule has 23 heavy (non-hydrogen) atoms. The normalized spacial score (nSPS) is 30.5. The van der Waals surface area contributed by atoms with E-state index in [1.807, 2.05) is 0 Å². The van der Waals surface area contributed by atoms with Gasteiger partial charge in [-0.1, -0.05) is 25.9 Å². The Morgan fingerprint density at radius 2 is 2.00 bits per heavy atom. The van der Waals surface area contributed by atoms with E-state index in [4.69, 9.17) is 24.5 Å². The third-order valence-electron chi connectivity index (χ3n) is 4.12. The highest BCUT2D eigenvalue weighted by Gasteiger charge is 2.43. The van der Waals surface area contributed by atoms with Crippen molar-refractivity contribution in [1.29, 1.82) is 0 Å². The first kappa shape index (κ1) is 19.7. The highest BCUT2D eigenvalue weighted by Crippen LogP contribution is 2.34. The average Bonchev–Trinajstić information content (AvgIpc) is 2.52. The van der Waals surface area contributed by atoms with Crippen molar-refractivity contribution in [3.63, 3.8) is 0 Å². The lowest BCUT2D eigenvalue weighted by Gasteiger charge is -2.43. The summed E-state index contributed by atoms with van der Waals surface area (Å²) in [6.07, 6.45) is -0.0576. The Morgan fingerprint density at radius 3 is 2.61 bits per heavy atom. The number of hydrogen-bond acceptors (Lipinski definition) is 6.